The molecule has 0 aliphatic carbocycles. The molecule has 0 saturated carbocycles. The smallest absolute Gasteiger partial charge is 0.250 e. The van der Waals surface area contributed by atoms with Gasteiger partial charge in [-0.05, 0) is 32.0 Å². The van der Waals surface area contributed by atoms with E-state index in [-0.39, 0.29) is 6.04 Å². The third-order valence-corrected chi connectivity index (χ3v) is 5.87. The van der Waals surface area contributed by atoms with Crippen LogP contribution in [0.25, 0.3) is 0 Å². The van der Waals surface area contributed by atoms with Crippen molar-refractivity contribution in [2.24, 2.45) is 0 Å². The lowest BCUT2D eigenvalue weighted by atomic mass is 10.3. The number of methoxy groups -OCH3 is 1. The van der Waals surface area contributed by atoms with E-state index >= 15 is 0 Å². The fourth-order valence-electron chi connectivity index (χ4n) is 1.64. The van der Waals surface area contributed by atoms with Gasteiger partial charge in [0.05, 0.1) is 6.61 Å². The molecule has 0 amide bonds. The predicted octanol–water partition coefficient (Wildman–Crippen LogP) is 1.48. The number of hydrogen-bond donors (Lipinski definition) is 2. The lowest BCUT2D eigenvalue weighted by molar-refractivity contribution is 0.180. The van der Waals surface area contributed by atoms with Gasteiger partial charge in [-0.1, -0.05) is 6.92 Å². The van der Waals surface area contributed by atoms with Crippen LogP contribution in [0.1, 0.15) is 24.3 Å². The minimum Gasteiger partial charge on any atom is -0.383 e. The molecule has 0 fully saturated rings. The van der Waals surface area contributed by atoms with Crippen molar-refractivity contribution < 1.29 is 13.2 Å². The monoisotopic (exact) mass is 306 g/mol. The largest absolute Gasteiger partial charge is 0.383 e. The normalized spacial score (nSPS) is 13.7. The first kappa shape index (κ1) is 16.6. The molecular formula is C12H22N2O3S2. The molecule has 110 valence electrons. The molecule has 0 spiro atoms. The lowest BCUT2D eigenvalue weighted by Crippen LogP contribution is -2.35. The van der Waals surface area contributed by atoms with Crippen molar-refractivity contribution in [2.75, 3.05) is 20.3 Å². The van der Waals surface area contributed by atoms with Gasteiger partial charge >= 0.3 is 0 Å². The first-order chi connectivity index (χ1) is 8.90. The molecule has 0 aliphatic rings. The van der Waals surface area contributed by atoms with Gasteiger partial charge in [0.2, 0.25) is 10.0 Å². The minimum absolute atomic E-state index is 0.241. The molecule has 0 aromatic carbocycles. The second-order valence-electron chi connectivity index (χ2n) is 4.43. The highest BCUT2D eigenvalue weighted by Gasteiger charge is 2.20. The highest BCUT2D eigenvalue weighted by atomic mass is 32.2. The standard InChI is InChI=1S/C12H22N2O3S2/c1-5-13-7-11-9(2)6-12(18-11)19(15,16)14-10(3)8-17-4/h6,10,13-14H,5,7-8H2,1-4H3. The molecule has 0 radical (unpaired) electrons. The summed E-state index contributed by atoms with van der Waals surface area (Å²) in [7, 11) is -1.90. The minimum atomic E-state index is -3.45. The summed E-state index contributed by atoms with van der Waals surface area (Å²) in [6, 6.07) is 1.48. The molecule has 1 aromatic rings. The van der Waals surface area contributed by atoms with Crippen molar-refractivity contribution in [2.45, 2.75) is 37.6 Å². The molecule has 2 N–H and O–H groups in total. The Hall–Kier alpha value is -0.470. The number of hydrogen-bond acceptors (Lipinski definition) is 5. The molecule has 5 nitrogen and oxygen atoms in total. The number of thiophene rings is 1. The summed E-state index contributed by atoms with van der Waals surface area (Å²) < 4.78 is 32.3. The van der Waals surface area contributed by atoms with Gasteiger partial charge in [0, 0.05) is 24.6 Å². The zero-order valence-electron chi connectivity index (χ0n) is 11.8. The van der Waals surface area contributed by atoms with Gasteiger partial charge in [0.1, 0.15) is 4.21 Å². The van der Waals surface area contributed by atoms with Gasteiger partial charge in [0.25, 0.3) is 0 Å². The summed E-state index contributed by atoms with van der Waals surface area (Å²) in [4.78, 5) is 1.06. The highest BCUT2D eigenvalue weighted by molar-refractivity contribution is 7.91. The maximum Gasteiger partial charge on any atom is 0.250 e. The average Bonchev–Trinajstić information content (AvgIpc) is 2.68. The first-order valence-corrected chi connectivity index (χ1v) is 8.52. The number of sulfonamides is 1. The number of aryl methyl sites for hydroxylation is 1. The van der Waals surface area contributed by atoms with Crippen molar-refractivity contribution in [1.82, 2.24) is 10.0 Å². The Bertz CT molecular complexity index is 497. The van der Waals surface area contributed by atoms with Crippen LogP contribution < -0.4 is 10.0 Å². The summed E-state index contributed by atoms with van der Waals surface area (Å²) in [6.45, 7) is 7.66. The SMILES string of the molecule is CCNCc1sc(S(=O)(=O)NC(C)COC)cc1C. The van der Waals surface area contributed by atoms with Crippen molar-refractivity contribution in [3.8, 4) is 0 Å². The fraction of sp³-hybridized carbons (Fsp3) is 0.667. The Morgan fingerprint density at radius 2 is 2.16 bits per heavy atom. The van der Waals surface area contributed by atoms with Gasteiger partial charge < -0.3 is 10.1 Å². The van der Waals surface area contributed by atoms with Crippen LogP contribution in [0.3, 0.4) is 0 Å². The summed E-state index contributed by atoms with van der Waals surface area (Å²) in [5, 5.41) is 3.21. The van der Waals surface area contributed by atoms with E-state index in [9.17, 15) is 8.42 Å². The van der Waals surface area contributed by atoms with Crippen molar-refractivity contribution in [1.29, 1.82) is 0 Å². The van der Waals surface area contributed by atoms with Gasteiger partial charge in [-0.15, -0.1) is 11.3 Å². The maximum absolute atomic E-state index is 12.2. The molecule has 19 heavy (non-hydrogen) atoms. The fourth-order valence-corrected chi connectivity index (χ4v) is 4.45. The van der Waals surface area contributed by atoms with Gasteiger partial charge in [-0.25, -0.2) is 13.1 Å². The second kappa shape index (κ2) is 7.35. The first-order valence-electron chi connectivity index (χ1n) is 6.22. The molecule has 1 rings (SSSR count). The lowest BCUT2D eigenvalue weighted by Gasteiger charge is -2.11. The van der Waals surface area contributed by atoms with E-state index < -0.39 is 10.0 Å². The number of nitrogens with one attached hydrogen (secondary N) is 2. The quantitative estimate of drug-likeness (QED) is 0.763. The second-order valence-corrected chi connectivity index (χ2v) is 7.51. The Balaban J connectivity index is 2.84. The molecule has 1 aromatic heterocycles. The van der Waals surface area contributed by atoms with E-state index in [1.54, 1.807) is 20.1 Å². The Labute approximate surface area is 119 Å². The van der Waals surface area contributed by atoms with Gasteiger partial charge in [-0.2, -0.15) is 0 Å². The van der Waals surface area contributed by atoms with E-state index in [1.807, 2.05) is 13.8 Å². The summed E-state index contributed by atoms with van der Waals surface area (Å²) in [5.74, 6) is 0. The average molecular weight is 306 g/mol. The highest BCUT2D eigenvalue weighted by Crippen LogP contribution is 2.26. The van der Waals surface area contributed by atoms with Crippen LogP contribution in [-0.4, -0.2) is 34.7 Å². The molecule has 0 saturated heterocycles. The summed E-state index contributed by atoms with van der Waals surface area (Å²) >= 11 is 1.31. The number of rotatable bonds is 8. The van der Waals surface area contributed by atoms with Crippen LogP contribution in [0.2, 0.25) is 0 Å². The molecule has 7 heteroatoms. The maximum atomic E-state index is 12.2. The van der Waals surface area contributed by atoms with Gasteiger partial charge in [0.15, 0.2) is 0 Å². The van der Waals surface area contributed by atoms with Crippen LogP contribution in [0.15, 0.2) is 10.3 Å². The van der Waals surface area contributed by atoms with Crippen LogP contribution in [0.4, 0.5) is 0 Å². The van der Waals surface area contributed by atoms with Crippen molar-refractivity contribution >= 4 is 21.4 Å². The molecule has 0 bridgehead atoms. The van der Waals surface area contributed by atoms with E-state index in [0.29, 0.717) is 17.4 Å². The zero-order chi connectivity index (χ0) is 14.5. The van der Waals surface area contributed by atoms with E-state index in [4.69, 9.17) is 4.74 Å². The van der Waals surface area contributed by atoms with Crippen LogP contribution >= 0.6 is 11.3 Å². The molecule has 1 unspecified atom stereocenters. The van der Waals surface area contributed by atoms with Crippen molar-refractivity contribution in [3.63, 3.8) is 0 Å². The Morgan fingerprint density at radius 3 is 2.74 bits per heavy atom. The third-order valence-electron chi connectivity index (χ3n) is 2.57. The molecule has 1 atom stereocenters. The molecular weight excluding hydrogens is 284 g/mol. The van der Waals surface area contributed by atoms with Crippen LogP contribution in [0.5, 0.6) is 0 Å². The Kier molecular flexibility index (Phi) is 6.41. The third kappa shape index (κ3) is 4.85. The summed E-state index contributed by atoms with van der Waals surface area (Å²) in [6.07, 6.45) is 0. The van der Waals surface area contributed by atoms with Crippen LogP contribution in [0, 0.1) is 6.92 Å². The number of ether oxygens (including phenoxy) is 1. The van der Waals surface area contributed by atoms with Crippen LogP contribution in [-0.2, 0) is 21.3 Å². The zero-order valence-corrected chi connectivity index (χ0v) is 13.5. The van der Waals surface area contributed by atoms with E-state index in [0.717, 1.165) is 17.0 Å². The summed E-state index contributed by atoms with van der Waals surface area (Å²) in [5.41, 5.74) is 1.01. The Morgan fingerprint density at radius 1 is 1.47 bits per heavy atom. The van der Waals surface area contributed by atoms with Crippen molar-refractivity contribution in [3.05, 3.63) is 16.5 Å². The van der Waals surface area contributed by atoms with E-state index in [1.165, 1.54) is 11.3 Å². The molecule has 1 heterocycles. The predicted molar refractivity (Wildman–Crippen MR) is 78.1 cm³/mol. The topological polar surface area (TPSA) is 67.4 Å². The molecule has 0 aliphatic heterocycles. The van der Waals surface area contributed by atoms with Gasteiger partial charge in [-0.3, -0.25) is 0 Å². The van der Waals surface area contributed by atoms with E-state index in [2.05, 4.69) is 10.0 Å².